The molecule has 0 saturated carbocycles. The molecule has 1 heterocycles. The lowest BCUT2D eigenvalue weighted by Crippen LogP contribution is -2.38. The third-order valence-electron chi connectivity index (χ3n) is 5.29. The van der Waals surface area contributed by atoms with Gasteiger partial charge < -0.3 is 15.0 Å². The molecule has 0 fully saturated rings. The number of para-hydroxylation sites is 1. The third-order valence-corrected chi connectivity index (χ3v) is 6.82. The van der Waals surface area contributed by atoms with Crippen molar-refractivity contribution in [3.05, 3.63) is 93.1 Å². The number of carbonyl (C=O) groups excluding carboxylic acids is 1. The Kier molecular flexibility index (Phi) is 6.43. The van der Waals surface area contributed by atoms with Crippen molar-refractivity contribution in [2.75, 3.05) is 17.1 Å². The zero-order valence-corrected chi connectivity index (χ0v) is 19.7. The second kappa shape index (κ2) is 9.47. The summed E-state index contributed by atoms with van der Waals surface area (Å²) >= 11 is 0. The van der Waals surface area contributed by atoms with Gasteiger partial charge in [-0.05, 0) is 61.0 Å². The van der Waals surface area contributed by atoms with Crippen LogP contribution in [0, 0.1) is 6.92 Å². The molecule has 3 N–H and O–H groups in total. The number of aromatic nitrogens is 2. The molecule has 0 saturated heterocycles. The molecule has 35 heavy (non-hydrogen) atoms. The smallest absolute Gasteiger partial charge is 0.329 e. The normalized spacial score (nSPS) is 11.3. The number of aromatic amines is 1. The molecule has 10 nitrogen and oxygen atoms in total. The number of benzene rings is 3. The van der Waals surface area contributed by atoms with Crippen LogP contribution in [0.4, 0.5) is 11.4 Å². The maximum Gasteiger partial charge on any atom is 0.329 e. The van der Waals surface area contributed by atoms with Gasteiger partial charge in [0.15, 0.2) is 0 Å². The lowest BCUT2D eigenvalue weighted by molar-refractivity contribution is -0.116. The van der Waals surface area contributed by atoms with Gasteiger partial charge in [-0.1, -0.05) is 18.2 Å². The van der Waals surface area contributed by atoms with Gasteiger partial charge in [0.25, 0.3) is 15.6 Å². The minimum atomic E-state index is -3.97. The summed E-state index contributed by atoms with van der Waals surface area (Å²) in [5.41, 5.74) is 0.0497. The van der Waals surface area contributed by atoms with Crippen molar-refractivity contribution < 1.29 is 17.9 Å². The minimum Gasteiger partial charge on any atom is -0.497 e. The Labute approximate surface area is 200 Å². The summed E-state index contributed by atoms with van der Waals surface area (Å²) in [6.45, 7) is 1.08. The van der Waals surface area contributed by atoms with E-state index in [1.165, 1.54) is 19.2 Å². The number of methoxy groups -OCH3 is 1. The molecular formula is C24H22N4O6S. The fourth-order valence-electron chi connectivity index (χ4n) is 3.52. The van der Waals surface area contributed by atoms with E-state index in [2.05, 4.69) is 15.0 Å². The van der Waals surface area contributed by atoms with Crippen LogP contribution < -0.4 is 26.0 Å². The van der Waals surface area contributed by atoms with Gasteiger partial charge in [0.2, 0.25) is 5.91 Å². The molecule has 1 aromatic heterocycles. The lowest BCUT2D eigenvalue weighted by Gasteiger charge is -2.13. The molecule has 0 bridgehead atoms. The first kappa shape index (κ1) is 23.8. The fourth-order valence-corrected chi connectivity index (χ4v) is 4.85. The molecule has 0 aliphatic rings. The Morgan fingerprint density at radius 2 is 1.69 bits per heavy atom. The standard InChI is InChI=1S/C24H22N4O6S/c1-15-7-8-17(13-21(15)35(32,33)27-16-9-11-18(34-2)12-10-16)25-22(29)14-28-23(30)19-5-3-4-6-20(19)26-24(28)31/h3-13,27H,14H2,1-2H3,(H,25,29)(H,26,31). The summed E-state index contributed by atoms with van der Waals surface area (Å²) in [7, 11) is -2.46. The summed E-state index contributed by atoms with van der Waals surface area (Å²) in [6, 6.07) is 17.3. The molecular weight excluding hydrogens is 472 g/mol. The highest BCUT2D eigenvalue weighted by Crippen LogP contribution is 2.24. The summed E-state index contributed by atoms with van der Waals surface area (Å²) in [5.74, 6) is -0.0820. The molecule has 3 aromatic carbocycles. The van der Waals surface area contributed by atoms with Crippen molar-refractivity contribution in [2.45, 2.75) is 18.4 Å². The van der Waals surface area contributed by atoms with Crippen LogP contribution in [-0.4, -0.2) is 31.0 Å². The number of anilines is 2. The number of sulfonamides is 1. The molecule has 0 unspecified atom stereocenters. The van der Waals surface area contributed by atoms with Crippen molar-refractivity contribution >= 4 is 38.2 Å². The van der Waals surface area contributed by atoms with Crippen LogP contribution in [0.5, 0.6) is 5.75 Å². The summed E-state index contributed by atoms with van der Waals surface area (Å²) < 4.78 is 34.3. The zero-order chi connectivity index (χ0) is 25.2. The first-order valence-electron chi connectivity index (χ1n) is 10.5. The Balaban J connectivity index is 1.56. The van der Waals surface area contributed by atoms with Crippen LogP contribution in [0.2, 0.25) is 0 Å². The highest BCUT2D eigenvalue weighted by Gasteiger charge is 2.19. The monoisotopic (exact) mass is 494 g/mol. The van der Waals surface area contributed by atoms with E-state index < -0.39 is 33.7 Å². The number of hydrogen-bond donors (Lipinski definition) is 3. The largest absolute Gasteiger partial charge is 0.497 e. The third kappa shape index (κ3) is 5.09. The molecule has 4 aromatic rings. The SMILES string of the molecule is COc1ccc(NS(=O)(=O)c2cc(NC(=O)Cn3c(=O)[nH]c4ccccc4c3=O)ccc2C)cc1. The second-order valence-electron chi connectivity index (χ2n) is 7.73. The number of hydrogen-bond acceptors (Lipinski definition) is 6. The Hall–Kier alpha value is -4.38. The van der Waals surface area contributed by atoms with Gasteiger partial charge in [0.05, 0.1) is 22.9 Å². The van der Waals surface area contributed by atoms with E-state index >= 15 is 0 Å². The predicted octanol–water partition coefficient (Wildman–Crippen LogP) is 2.45. The van der Waals surface area contributed by atoms with Gasteiger partial charge in [-0.25, -0.2) is 13.2 Å². The van der Waals surface area contributed by atoms with Gasteiger partial charge in [0.1, 0.15) is 12.3 Å². The van der Waals surface area contributed by atoms with Crippen molar-refractivity contribution in [1.29, 1.82) is 0 Å². The average Bonchev–Trinajstić information content (AvgIpc) is 2.83. The van der Waals surface area contributed by atoms with Crippen LogP contribution >= 0.6 is 0 Å². The Morgan fingerprint density at radius 3 is 2.40 bits per heavy atom. The summed E-state index contributed by atoms with van der Waals surface area (Å²) in [6.07, 6.45) is 0. The number of fused-ring (bicyclic) bond motifs is 1. The van der Waals surface area contributed by atoms with Crippen molar-refractivity contribution in [3.63, 3.8) is 0 Å². The number of carbonyl (C=O) groups is 1. The number of nitrogens with one attached hydrogen (secondary N) is 3. The highest BCUT2D eigenvalue weighted by atomic mass is 32.2. The van der Waals surface area contributed by atoms with Crippen LogP contribution in [0.3, 0.4) is 0 Å². The van der Waals surface area contributed by atoms with Gasteiger partial charge >= 0.3 is 5.69 Å². The maximum atomic E-state index is 13.0. The predicted molar refractivity (Wildman–Crippen MR) is 132 cm³/mol. The van der Waals surface area contributed by atoms with Crippen molar-refractivity contribution in [2.24, 2.45) is 0 Å². The van der Waals surface area contributed by atoms with Gasteiger partial charge in [-0.2, -0.15) is 0 Å². The van der Waals surface area contributed by atoms with E-state index in [9.17, 15) is 22.8 Å². The molecule has 4 rings (SSSR count). The van der Waals surface area contributed by atoms with Crippen LogP contribution in [0.15, 0.2) is 81.2 Å². The second-order valence-corrected chi connectivity index (χ2v) is 9.38. The number of nitrogens with zero attached hydrogens (tertiary/aromatic N) is 1. The van der Waals surface area contributed by atoms with Gasteiger partial charge in [0, 0.05) is 11.4 Å². The topological polar surface area (TPSA) is 139 Å². The number of H-pyrrole nitrogens is 1. The molecule has 0 radical (unpaired) electrons. The minimum absolute atomic E-state index is 0.0353. The van der Waals surface area contributed by atoms with E-state index in [1.54, 1.807) is 61.5 Å². The summed E-state index contributed by atoms with van der Waals surface area (Å²) in [4.78, 5) is 40.1. The molecule has 11 heteroatoms. The fraction of sp³-hybridized carbons (Fsp3) is 0.125. The van der Waals surface area contributed by atoms with Crippen LogP contribution in [-0.2, 0) is 21.4 Å². The Morgan fingerprint density at radius 1 is 1.00 bits per heavy atom. The lowest BCUT2D eigenvalue weighted by atomic mass is 10.2. The van der Waals surface area contributed by atoms with Crippen molar-refractivity contribution in [1.82, 2.24) is 9.55 Å². The quantitative estimate of drug-likeness (QED) is 0.361. The van der Waals surface area contributed by atoms with E-state index in [1.807, 2.05) is 0 Å². The first-order valence-corrected chi connectivity index (χ1v) is 12.0. The molecule has 180 valence electrons. The number of aryl methyl sites for hydroxylation is 1. The molecule has 0 spiro atoms. The average molecular weight is 495 g/mol. The van der Waals surface area contributed by atoms with Crippen molar-refractivity contribution in [3.8, 4) is 5.75 Å². The van der Waals surface area contributed by atoms with Gasteiger partial charge in [-0.3, -0.25) is 18.9 Å². The zero-order valence-electron chi connectivity index (χ0n) is 18.9. The number of rotatable bonds is 7. The van der Waals surface area contributed by atoms with E-state index in [4.69, 9.17) is 4.74 Å². The highest BCUT2D eigenvalue weighted by molar-refractivity contribution is 7.92. The number of ether oxygens (including phenoxy) is 1. The molecule has 0 atom stereocenters. The molecule has 0 aliphatic heterocycles. The summed E-state index contributed by atoms with van der Waals surface area (Å²) in [5, 5.41) is 2.82. The van der Waals surface area contributed by atoms with E-state index in [-0.39, 0.29) is 16.0 Å². The molecule has 0 aliphatic carbocycles. The molecule has 1 amide bonds. The maximum absolute atomic E-state index is 13.0. The van der Waals surface area contributed by atoms with E-state index in [0.717, 1.165) is 4.57 Å². The van der Waals surface area contributed by atoms with Crippen LogP contribution in [0.1, 0.15) is 5.56 Å². The Bertz CT molecular complexity index is 1640. The van der Waals surface area contributed by atoms with Crippen LogP contribution in [0.25, 0.3) is 10.9 Å². The number of amides is 1. The first-order chi connectivity index (χ1) is 16.7. The van der Waals surface area contributed by atoms with Gasteiger partial charge in [-0.15, -0.1) is 0 Å². The van der Waals surface area contributed by atoms with E-state index in [0.29, 0.717) is 22.5 Å².